The van der Waals surface area contributed by atoms with Crippen molar-refractivity contribution in [1.82, 2.24) is 0 Å². The lowest BCUT2D eigenvalue weighted by molar-refractivity contribution is -0.206. The van der Waals surface area contributed by atoms with Gasteiger partial charge in [-0.15, -0.1) is 0 Å². The fraction of sp³-hybridized carbons (Fsp3) is 1.00. The minimum Gasteiger partial charge on any atom is -0.388 e. The number of ether oxygens (including phenoxy) is 3. The predicted molar refractivity (Wildman–Crippen MR) is 84.6 cm³/mol. The van der Waals surface area contributed by atoms with Gasteiger partial charge in [0.2, 0.25) is 0 Å². The van der Waals surface area contributed by atoms with E-state index in [9.17, 15) is 5.11 Å². The van der Waals surface area contributed by atoms with Crippen molar-refractivity contribution in [2.24, 2.45) is 5.92 Å². The number of aliphatic hydroxyl groups excluding tert-OH is 1. The van der Waals surface area contributed by atoms with Crippen LogP contribution in [0.15, 0.2) is 0 Å². The molecule has 3 fully saturated rings. The minimum atomic E-state index is -0.593. The highest BCUT2D eigenvalue weighted by Crippen LogP contribution is 2.42. The minimum absolute atomic E-state index is 0.0608. The first-order valence-corrected chi connectivity index (χ1v) is 9.22. The van der Waals surface area contributed by atoms with Crippen molar-refractivity contribution in [3.05, 3.63) is 0 Å². The maximum Gasteiger partial charge on any atom is 0.169 e. The Morgan fingerprint density at radius 1 is 1.00 bits per heavy atom. The van der Waals surface area contributed by atoms with Gasteiger partial charge in [-0.1, -0.05) is 25.7 Å². The monoisotopic (exact) mass is 312 g/mol. The van der Waals surface area contributed by atoms with Gasteiger partial charge in [-0.05, 0) is 38.5 Å². The maximum atomic E-state index is 10.9. The van der Waals surface area contributed by atoms with Gasteiger partial charge < -0.3 is 19.3 Å². The van der Waals surface area contributed by atoms with Gasteiger partial charge in [0, 0.05) is 20.0 Å². The van der Waals surface area contributed by atoms with Crippen molar-refractivity contribution in [3.63, 3.8) is 0 Å². The van der Waals surface area contributed by atoms with Crippen LogP contribution in [0.2, 0.25) is 0 Å². The third-order valence-electron chi connectivity index (χ3n) is 5.89. The molecule has 1 saturated heterocycles. The van der Waals surface area contributed by atoms with Crippen molar-refractivity contribution >= 4 is 0 Å². The third kappa shape index (κ3) is 3.35. The summed E-state index contributed by atoms with van der Waals surface area (Å²) in [5.74, 6) is 0.0150. The normalized spacial score (nSPS) is 35.6. The standard InChI is InChI=1S/C18H32O4/c1-13-16(22-18(21-13)11-7-4-8-12-18)15(19)17(20-2)14-9-5-3-6-10-14/h13-17,19H,3-12H2,1-2H3. The first-order valence-electron chi connectivity index (χ1n) is 9.22. The van der Waals surface area contributed by atoms with E-state index in [2.05, 4.69) is 0 Å². The SMILES string of the molecule is COC(C1CCCCC1)C(O)C1OC2(CCCCC2)OC1C. The molecule has 0 amide bonds. The Morgan fingerprint density at radius 3 is 2.27 bits per heavy atom. The number of hydrogen-bond donors (Lipinski definition) is 1. The summed E-state index contributed by atoms with van der Waals surface area (Å²) in [5.41, 5.74) is 0. The maximum absolute atomic E-state index is 10.9. The average Bonchev–Trinajstić information content (AvgIpc) is 2.86. The molecule has 2 aliphatic carbocycles. The van der Waals surface area contributed by atoms with Crippen LogP contribution in [-0.2, 0) is 14.2 Å². The molecule has 4 atom stereocenters. The van der Waals surface area contributed by atoms with Crippen molar-refractivity contribution < 1.29 is 19.3 Å². The molecule has 0 radical (unpaired) electrons. The molecule has 0 aromatic rings. The van der Waals surface area contributed by atoms with Crippen molar-refractivity contribution in [2.45, 2.75) is 101 Å². The second kappa shape index (κ2) is 7.16. The summed E-state index contributed by atoms with van der Waals surface area (Å²) in [6.07, 6.45) is 10.6. The number of rotatable bonds is 4. The summed E-state index contributed by atoms with van der Waals surface area (Å²) in [4.78, 5) is 0. The highest BCUT2D eigenvalue weighted by Gasteiger charge is 2.50. The number of aliphatic hydroxyl groups is 1. The Morgan fingerprint density at radius 2 is 1.64 bits per heavy atom. The molecular weight excluding hydrogens is 280 g/mol. The fourth-order valence-corrected chi connectivity index (χ4v) is 4.71. The molecule has 1 heterocycles. The lowest BCUT2D eigenvalue weighted by atomic mass is 9.81. The van der Waals surface area contributed by atoms with Gasteiger partial charge in [-0.3, -0.25) is 0 Å². The van der Waals surface area contributed by atoms with Crippen LogP contribution < -0.4 is 0 Å². The van der Waals surface area contributed by atoms with Gasteiger partial charge in [0.25, 0.3) is 0 Å². The van der Waals surface area contributed by atoms with Gasteiger partial charge in [-0.25, -0.2) is 0 Å². The fourth-order valence-electron chi connectivity index (χ4n) is 4.71. The molecule has 1 N–H and O–H groups in total. The third-order valence-corrected chi connectivity index (χ3v) is 5.89. The molecule has 1 aliphatic heterocycles. The van der Waals surface area contributed by atoms with E-state index in [1.807, 2.05) is 6.92 Å². The molecule has 0 aromatic carbocycles. The summed E-state index contributed by atoms with van der Waals surface area (Å²) in [5, 5.41) is 10.9. The summed E-state index contributed by atoms with van der Waals surface area (Å²) in [7, 11) is 1.72. The molecule has 3 aliphatic rings. The van der Waals surface area contributed by atoms with Gasteiger partial charge in [-0.2, -0.15) is 0 Å². The highest BCUT2D eigenvalue weighted by atomic mass is 16.8. The topological polar surface area (TPSA) is 47.9 Å². The van der Waals surface area contributed by atoms with E-state index < -0.39 is 11.9 Å². The van der Waals surface area contributed by atoms with Crippen molar-refractivity contribution in [3.8, 4) is 0 Å². The first-order chi connectivity index (χ1) is 10.7. The van der Waals surface area contributed by atoms with E-state index in [-0.39, 0.29) is 18.3 Å². The second-order valence-corrected chi connectivity index (χ2v) is 7.47. The predicted octanol–water partition coefficient (Wildman–Crippen LogP) is 3.41. The summed E-state index contributed by atoms with van der Waals surface area (Å²) < 4.78 is 18.2. The van der Waals surface area contributed by atoms with Crippen LogP contribution in [0.5, 0.6) is 0 Å². The van der Waals surface area contributed by atoms with E-state index in [1.54, 1.807) is 7.11 Å². The molecule has 0 bridgehead atoms. The molecule has 4 unspecified atom stereocenters. The zero-order valence-electron chi connectivity index (χ0n) is 14.1. The van der Waals surface area contributed by atoms with Crippen molar-refractivity contribution in [2.75, 3.05) is 7.11 Å². The van der Waals surface area contributed by atoms with Gasteiger partial charge in [0.05, 0.1) is 12.2 Å². The molecule has 4 nitrogen and oxygen atoms in total. The van der Waals surface area contributed by atoms with Crippen LogP contribution >= 0.6 is 0 Å². The molecule has 4 heteroatoms. The Labute approximate surface area is 134 Å². The van der Waals surface area contributed by atoms with Crippen LogP contribution in [0.1, 0.15) is 71.1 Å². The van der Waals surface area contributed by atoms with Crippen LogP contribution in [0.3, 0.4) is 0 Å². The van der Waals surface area contributed by atoms with Crippen LogP contribution in [0.25, 0.3) is 0 Å². The summed E-state index contributed by atoms with van der Waals surface area (Å²) >= 11 is 0. The lowest BCUT2D eigenvalue weighted by Gasteiger charge is -2.36. The first kappa shape index (κ1) is 16.7. The molecule has 128 valence electrons. The van der Waals surface area contributed by atoms with Gasteiger partial charge in [0.15, 0.2) is 5.79 Å². The molecule has 0 aromatic heterocycles. The molecular formula is C18H32O4. The molecule has 2 saturated carbocycles. The van der Waals surface area contributed by atoms with Crippen LogP contribution in [-0.4, -0.2) is 42.4 Å². The zero-order valence-corrected chi connectivity index (χ0v) is 14.1. The number of hydrogen-bond acceptors (Lipinski definition) is 4. The Kier molecular flexibility index (Phi) is 5.43. The van der Waals surface area contributed by atoms with E-state index in [1.165, 1.54) is 25.7 Å². The lowest BCUT2D eigenvalue weighted by Crippen LogP contribution is -2.47. The Hall–Kier alpha value is -0.160. The van der Waals surface area contributed by atoms with Crippen LogP contribution in [0, 0.1) is 5.92 Å². The zero-order chi connectivity index (χ0) is 15.6. The molecule has 3 rings (SSSR count). The summed E-state index contributed by atoms with van der Waals surface area (Å²) in [6.45, 7) is 2.03. The number of methoxy groups -OCH3 is 1. The van der Waals surface area contributed by atoms with Crippen molar-refractivity contribution in [1.29, 1.82) is 0 Å². The Bertz CT molecular complexity index is 347. The smallest absolute Gasteiger partial charge is 0.169 e. The van der Waals surface area contributed by atoms with E-state index in [0.29, 0.717) is 5.92 Å². The van der Waals surface area contributed by atoms with Gasteiger partial charge in [0.1, 0.15) is 12.2 Å². The van der Waals surface area contributed by atoms with E-state index >= 15 is 0 Å². The molecule has 1 spiro atoms. The average molecular weight is 312 g/mol. The largest absolute Gasteiger partial charge is 0.388 e. The quantitative estimate of drug-likeness (QED) is 0.864. The van der Waals surface area contributed by atoms with E-state index in [4.69, 9.17) is 14.2 Å². The summed E-state index contributed by atoms with van der Waals surface area (Å²) in [6, 6.07) is 0. The highest BCUT2D eigenvalue weighted by molar-refractivity contribution is 4.94. The molecule has 22 heavy (non-hydrogen) atoms. The van der Waals surface area contributed by atoms with Crippen LogP contribution in [0.4, 0.5) is 0 Å². The second-order valence-electron chi connectivity index (χ2n) is 7.47. The Balaban J connectivity index is 1.66. The van der Waals surface area contributed by atoms with Gasteiger partial charge >= 0.3 is 0 Å². The van der Waals surface area contributed by atoms with E-state index in [0.717, 1.165) is 38.5 Å².